The highest BCUT2D eigenvalue weighted by Gasteiger charge is 2.15. The molecule has 0 N–H and O–H groups in total. The Hall–Kier alpha value is -1.53. The van der Waals surface area contributed by atoms with E-state index < -0.39 is 0 Å². The van der Waals surface area contributed by atoms with Gasteiger partial charge in [-0.1, -0.05) is 17.7 Å². The zero-order chi connectivity index (χ0) is 12.8. The van der Waals surface area contributed by atoms with Crippen LogP contribution >= 0.6 is 11.6 Å². The van der Waals surface area contributed by atoms with E-state index in [1.165, 1.54) is 0 Å². The van der Waals surface area contributed by atoms with Crippen LogP contribution < -0.4 is 4.90 Å². The Morgan fingerprint density at radius 3 is 2.82 bits per heavy atom. The fraction of sp³-hybridized carbons (Fsp3) is 0.385. The minimum atomic E-state index is -0.106. The van der Waals surface area contributed by atoms with E-state index in [1.54, 1.807) is 18.2 Å². The van der Waals surface area contributed by atoms with Gasteiger partial charge in [-0.2, -0.15) is 5.26 Å². The summed E-state index contributed by atoms with van der Waals surface area (Å²) in [6.07, 6.45) is 0.793. The first kappa shape index (κ1) is 13.5. The van der Waals surface area contributed by atoms with Gasteiger partial charge in [-0.3, -0.25) is 4.79 Å². The van der Waals surface area contributed by atoms with Gasteiger partial charge in [0.25, 0.3) is 0 Å². The fourth-order valence-corrected chi connectivity index (χ4v) is 2.01. The van der Waals surface area contributed by atoms with E-state index in [0.29, 0.717) is 29.4 Å². The van der Waals surface area contributed by atoms with E-state index in [0.717, 1.165) is 6.29 Å². The summed E-state index contributed by atoms with van der Waals surface area (Å²) in [7, 11) is 0. The molecule has 3 nitrogen and oxygen atoms in total. The van der Waals surface area contributed by atoms with Crippen molar-refractivity contribution in [3.63, 3.8) is 0 Å². The molecule has 0 amide bonds. The lowest BCUT2D eigenvalue weighted by Gasteiger charge is -2.26. The van der Waals surface area contributed by atoms with Crippen LogP contribution in [0, 0.1) is 17.2 Å². The first-order valence-corrected chi connectivity index (χ1v) is 5.90. The number of halogens is 1. The summed E-state index contributed by atoms with van der Waals surface area (Å²) in [5.74, 6) is -0.106. The van der Waals surface area contributed by atoms with Crippen LogP contribution in [-0.2, 0) is 0 Å². The van der Waals surface area contributed by atoms with Crippen LogP contribution in [0.15, 0.2) is 18.2 Å². The second-order valence-corrected chi connectivity index (χ2v) is 4.27. The molecule has 90 valence electrons. The van der Waals surface area contributed by atoms with Gasteiger partial charge in [0, 0.05) is 18.7 Å². The Labute approximate surface area is 107 Å². The highest BCUT2D eigenvalue weighted by atomic mass is 35.5. The fourth-order valence-electron chi connectivity index (χ4n) is 1.71. The summed E-state index contributed by atoms with van der Waals surface area (Å²) < 4.78 is 0. The van der Waals surface area contributed by atoms with E-state index in [1.807, 2.05) is 18.7 Å². The van der Waals surface area contributed by atoms with Crippen LogP contribution in [0.4, 0.5) is 5.69 Å². The minimum absolute atomic E-state index is 0.106. The molecule has 0 aromatic heterocycles. The van der Waals surface area contributed by atoms with Gasteiger partial charge < -0.3 is 4.90 Å². The van der Waals surface area contributed by atoms with Gasteiger partial charge in [-0.15, -0.1) is 0 Å². The van der Waals surface area contributed by atoms with E-state index >= 15 is 0 Å². The van der Waals surface area contributed by atoms with E-state index in [4.69, 9.17) is 16.9 Å². The molecule has 0 fully saturated rings. The topological polar surface area (TPSA) is 44.1 Å². The molecule has 1 aromatic rings. The average Bonchev–Trinajstić information content (AvgIpc) is 2.35. The Kier molecular flexibility index (Phi) is 4.99. The molecule has 0 bridgehead atoms. The second kappa shape index (κ2) is 6.27. The maximum absolute atomic E-state index is 11.0. The number of nitriles is 1. The molecule has 1 atom stereocenters. The maximum Gasteiger partial charge on any atom is 0.152 e. The Morgan fingerprint density at radius 2 is 2.29 bits per heavy atom. The predicted octanol–water partition coefficient (Wildman–Crippen LogP) is 3.14. The van der Waals surface area contributed by atoms with Crippen molar-refractivity contribution >= 4 is 23.6 Å². The molecule has 0 heterocycles. The molecular weight excluding hydrogens is 236 g/mol. The lowest BCUT2D eigenvalue weighted by Crippen LogP contribution is -2.29. The molecule has 0 saturated carbocycles. The highest BCUT2D eigenvalue weighted by molar-refractivity contribution is 6.33. The smallest absolute Gasteiger partial charge is 0.152 e. The zero-order valence-electron chi connectivity index (χ0n) is 9.98. The number of anilines is 1. The molecule has 0 aliphatic rings. The maximum atomic E-state index is 11.0. The average molecular weight is 251 g/mol. The summed E-state index contributed by atoms with van der Waals surface area (Å²) in [6, 6.07) is 7.41. The molecule has 0 radical (unpaired) electrons. The van der Waals surface area contributed by atoms with E-state index in [2.05, 4.69) is 6.07 Å². The van der Waals surface area contributed by atoms with Crippen molar-refractivity contribution in [1.29, 1.82) is 5.26 Å². The summed E-state index contributed by atoms with van der Waals surface area (Å²) in [5.41, 5.74) is 1.28. The molecule has 0 spiro atoms. The predicted molar refractivity (Wildman–Crippen MR) is 69.5 cm³/mol. The normalized spacial score (nSPS) is 11.6. The SMILES string of the molecule is CCN(CC(C)C#N)c1c(Cl)cccc1C=O. The van der Waals surface area contributed by atoms with Crippen LogP contribution in [0.25, 0.3) is 0 Å². The Bertz CT molecular complexity index is 440. The molecule has 1 unspecified atom stereocenters. The lowest BCUT2D eigenvalue weighted by atomic mass is 10.1. The Morgan fingerprint density at radius 1 is 1.59 bits per heavy atom. The van der Waals surface area contributed by atoms with Crippen molar-refractivity contribution in [3.8, 4) is 6.07 Å². The number of para-hydroxylation sites is 1. The van der Waals surface area contributed by atoms with Crippen LogP contribution in [0.2, 0.25) is 5.02 Å². The number of hydrogen-bond acceptors (Lipinski definition) is 3. The molecular formula is C13H15ClN2O. The minimum Gasteiger partial charge on any atom is -0.369 e. The van der Waals surface area contributed by atoms with Crippen LogP contribution in [-0.4, -0.2) is 19.4 Å². The number of aldehydes is 1. The van der Waals surface area contributed by atoms with Crippen LogP contribution in [0.5, 0.6) is 0 Å². The van der Waals surface area contributed by atoms with Gasteiger partial charge in [-0.25, -0.2) is 0 Å². The van der Waals surface area contributed by atoms with Gasteiger partial charge in [0.05, 0.1) is 22.7 Å². The van der Waals surface area contributed by atoms with Crippen LogP contribution in [0.1, 0.15) is 24.2 Å². The first-order valence-electron chi connectivity index (χ1n) is 5.52. The molecule has 0 aliphatic heterocycles. The molecule has 0 aliphatic carbocycles. The van der Waals surface area contributed by atoms with Crippen molar-refractivity contribution in [2.45, 2.75) is 13.8 Å². The van der Waals surface area contributed by atoms with Crippen molar-refractivity contribution in [3.05, 3.63) is 28.8 Å². The van der Waals surface area contributed by atoms with E-state index in [9.17, 15) is 4.79 Å². The van der Waals surface area contributed by atoms with Gasteiger partial charge in [0.15, 0.2) is 6.29 Å². The van der Waals surface area contributed by atoms with Gasteiger partial charge in [0.1, 0.15) is 0 Å². The third-order valence-corrected chi connectivity index (χ3v) is 2.86. The molecule has 17 heavy (non-hydrogen) atoms. The molecule has 4 heteroatoms. The third kappa shape index (κ3) is 3.21. The number of carbonyl (C=O) groups is 1. The molecule has 1 rings (SSSR count). The summed E-state index contributed by atoms with van der Waals surface area (Å²) >= 11 is 6.12. The largest absolute Gasteiger partial charge is 0.369 e. The van der Waals surface area contributed by atoms with Crippen molar-refractivity contribution in [1.82, 2.24) is 0 Å². The van der Waals surface area contributed by atoms with Crippen molar-refractivity contribution in [2.75, 3.05) is 18.0 Å². The standard InChI is InChI=1S/C13H15ClN2O/c1-3-16(8-10(2)7-15)13-11(9-17)5-4-6-12(13)14/h4-6,9-10H,3,8H2,1-2H3. The van der Waals surface area contributed by atoms with Crippen LogP contribution in [0.3, 0.4) is 0 Å². The van der Waals surface area contributed by atoms with Crippen molar-refractivity contribution in [2.24, 2.45) is 5.92 Å². The van der Waals surface area contributed by atoms with Gasteiger partial charge in [0.2, 0.25) is 0 Å². The summed E-state index contributed by atoms with van der Waals surface area (Å²) in [5, 5.41) is 9.39. The highest BCUT2D eigenvalue weighted by Crippen LogP contribution is 2.29. The number of rotatable bonds is 5. The van der Waals surface area contributed by atoms with Crippen molar-refractivity contribution < 1.29 is 4.79 Å². The summed E-state index contributed by atoms with van der Waals surface area (Å²) in [6.45, 7) is 5.09. The first-order chi connectivity index (χ1) is 8.13. The number of benzene rings is 1. The second-order valence-electron chi connectivity index (χ2n) is 3.86. The third-order valence-electron chi connectivity index (χ3n) is 2.56. The number of hydrogen-bond donors (Lipinski definition) is 0. The molecule has 0 saturated heterocycles. The summed E-state index contributed by atoms with van der Waals surface area (Å²) in [4.78, 5) is 13.0. The van der Waals surface area contributed by atoms with E-state index in [-0.39, 0.29) is 5.92 Å². The quantitative estimate of drug-likeness (QED) is 0.754. The van der Waals surface area contributed by atoms with Gasteiger partial charge >= 0.3 is 0 Å². The zero-order valence-corrected chi connectivity index (χ0v) is 10.7. The number of carbonyl (C=O) groups excluding carboxylic acids is 1. The monoisotopic (exact) mass is 250 g/mol. The van der Waals surface area contributed by atoms with Gasteiger partial charge in [-0.05, 0) is 26.0 Å². The lowest BCUT2D eigenvalue weighted by molar-refractivity contribution is 0.112. The molecule has 1 aromatic carbocycles. The Balaban J connectivity index is 3.11. The number of nitrogens with zero attached hydrogens (tertiary/aromatic N) is 2.